The zero-order valence-corrected chi connectivity index (χ0v) is 21.9. The maximum Gasteiger partial charge on any atom is 0.330 e. The molecule has 0 radical (unpaired) electrons. The summed E-state index contributed by atoms with van der Waals surface area (Å²) in [5, 5.41) is 3.58. The Kier molecular flexibility index (Phi) is 8.76. The number of aromatic nitrogens is 2. The van der Waals surface area contributed by atoms with Gasteiger partial charge >= 0.3 is 5.69 Å². The molecule has 2 N–H and O–H groups in total. The number of H-pyrrole nitrogens is 1. The van der Waals surface area contributed by atoms with Gasteiger partial charge < -0.3 is 9.26 Å². The van der Waals surface area contributed by atoms with Crippen molar-refractivity contribution in [1.82, 2.24) is 14.6 Å². The molecule has 0 bridgehead atoms. The molecule has 7 nitrogen and oxygen atoms in total. The van der Waals surface area contributed by atoms with Crippen molar-refractivity contribution in [3.63, 3.8) is 0 Å². The molecule has 1 aliphatic heterocycles. The summed E-state index contributed by atoms with van der Waals surface area (Å²) in [6.45, 7) is 12.1. The van der Waals surface area contributed by atoms with Gasteiger partial charge in [-0.25, -0.2) is 9.18 Å². The minimum atomic E-state index is -2.43. The van der Waals surface area contributed by atoms with Gasteiger partial charge in [-0.05, 0) is 31.7 Å². The van der Waals surface area contributed by atoms with Crippen LogP contribution in [0.4, 0.5) is 4.39 Å². The van der Waals surface area contributed by atoms with Crippen molar-refractivity contribution in [1.29, 1.82) is 0 Å². The standard InChI is InChI=1S/C26H37FN3O4P/c1-18(2)14-19(3)20(4)29-35(6,17-21-10-8-7-9-11-21)33-16-22-15-26(5,27)24(34-22)30-13-12-23(31)28-25(30)32/h7-13,18,20,22,24,29H,3,6,14-17H2,1-2,4-5H3,(H,28,31,32)/t20-,22?,24?,26+,35?/m0/s1. The van der Waals surface area contributed by atoms with Gasteiger partial charge in [0, 0.05) is 30.9 Å². The van der Waals surface area contributed by atoms with E-state index in [0.29, 0.717) is 12.1 Å². The van der Waals surface area contributed by atoms with E-state index in [9.17, 15) is 9.59 Å². The number of nitrogens with one attached hydrogen (secondary N) is 2. The highest BCUT2D eigenvalue weighted by Gasteiger charge is 2.47. The van der Waals surface area contributed by atoms with Gasteiger partial charge in [-0.2, -0.15) is 0 Å². The topological polar surface area (TPSA) is 85.4 Å². The quantitative estimate of drug-likeness (QED) is 0.344. The Bertz CT molecular complexity index is 1170. The average molecular weight is 506 g/mol. The SMILES string of the molecule is C=C(CC(C)C)[C@H](C)NP(=C)(Cc1ccccc1)OCC1C[C@@](C)(F)C(n2ccc(=O)[nH]c2=O)O1. The number of nitrogens with zero attached hydrogens (tertiary/aromatic N) is 1. The number of ether oxygens (including phenoxy) is 1. The zero-order valence-electron chi connectivity index (χ0n) is 21.0. The lowest BCUT2D eigenvalue weighted by Crippen LogP contribution is -2.38. The Labute approximate surface area is 206 Å². The fraction of sp³-hybridized carbons (Fsp3) is 0.500. The second kappa shape index (κ2) is 11.2. The Hall–Kier alpha value is -2.25. The van der Waals surface area contributed by atoms with Gasteiger partial charge in [0.05, 0.1) is 20.0 Å². The lowest BCUT2D eigenvalue weighted by atomic mass is 10.0. The molecule has 0 spiro atoms. The maximum atomic E-state index is 15.4. The first-order valence-electron chi connectivity index (χ1n) is 11.9. The highest BCUT2D eigenvalue weighted by atomic mass is 31.2. The molecule has 1 fully saturated rings. The first-order valence-corrected chi connectivity index (χ1v) is 14.0. The molecular formula is C26H37FN3O4P. The number of alkyl halides is 1. The van der Waals surface area contributed by atoms with Gasteiger partial charge in [0.25, 0.3) is 5.56 Å². The Morgan fingerprint density at radius 2 is 2.00 bits per heavy atom. The van der Waals surface area contributed by atoms with Gasteiger partial charge in [0.15, 0.2) is 11.9 Å². The van der Waals surface area contributed by atoms with E-state index in [1.165, 1.54) is 19.2 Å². The smallest absolute Gasteiger partial charge is 0.330 e. The third kappa shape index (κ3) is 7.37. The molecule has 0 aliphatic carbocycles. The van der Waals surface area contributed by atoms with Crippen molar-refractivity contribution >= 4 is 13.6 Å². The van der Waals surface area contributed by atoms with Crippen molar-refractivity contribution < 1.29 is 13.7 Å². The van der Waals surface area contributed by atoms with Gasteiger partial charge in [0.1, 0.15) is 0 Å². The summed E-state index contributed by atoms with van der Waals surface area (Å²) in [5.41, 5.74) is -0.906. The second-order valence-electron chi connectivity index (χ2n) is 10.0. The van der Waals surface area contributed by atoms with Crippen LogP contribution in [0.3, 0.4) is 0 Å². The van der Waals surface area contributed by atoms with Gasteiger partial charge in [0.2, 0.25) is 0 Å². The Balaban J connectivity index is 1.75. The highest BCUT2D eigenvalue weighted by Crippen LogP contribution is 2.48. The van der Waals surface area contributed by atoms with E-state index in [4.69, 9.17) is 9.26 Å². The number of halogens is 1. The van der Waals surface area contributed by atoms with E-state index in [1.54, 1.807) is 0 Å². The molecule has 3 unspecified atom stereocenters. The fourth-order valence-corrected chi connectivity index (χ4v) is 6.76. The summed E-state index contributed by atoms with van der Waals surface area (Å²) in [6, 6.07) is 11.1. The third-order valence-corrected chi connectivity index (χ3v) is 8.44. The summed E-state index contributed by atoms with van der Waals surface area (Å²) in [6.07, 6.45) is 5.50. The normalized spacial score (nSPS) is 24.9. The van der Waals surface area contributed by atoms with Crippen LogP contribution in [0.5, 0.6) is 0 Å². The molecule has 192 valence electrons. The summed E-state index contributed by atoms with van der Waals surface area (Å²) in [7, 11) is -2.43. The number of rotatable bonds is 11. The van der Waals surface area contributed by atoms with E-state index in [0.717, 1.165) is 22.1 Å². The van der Waals surface area contributed by atoms with E-state index in [1.807, 2.05) is 30.3 Å². The minimum absolute atomic E-state index is 0.00430. The van der Waals surface area contributed by atoms with Gasteiger partial charge in [-0.15, -0.1) is 0 Å². The Morgan fingerprint density at radius 3 is 2.63 bits per heavy atom. The second-order valence-corrected chi connectivity index (χ2v) is 12.7. The summed E-state index contributed by atoms with van der Waals surface area (Å²) in [4.78, 5) is 25.8. The van der Waals surface area contributed by atoms with Crippen LogP contribution in [0.15, 0.2) is 64.3 Å². The zero-order chi connectivity index (χ0) is 25.8. The first-order chi connectivity index (χ1) is 16.4. The predicted octanol–water partition coefficient (Wildman–Crippen LogP) is 4.63. The van der Waals surface area contributed by atoms with E-state index in [-0.39, 0.29) is 19.1 Å². The van der Waals surface area contributed by atoms with Crippen LogP contribution < -0.4 is 16.3 Å². The monoisotopic (exact) mass is 505 g/mol. The van der Waals surface area contributed by atoms with Gasteiger partial charge in [-0.3, -0.25) is 19.4 Å². The lowest BCUT2D eigenvalue weighted by Gasteiger charge is -2.32. The number of hydrogen-bond donors (Lipinski definition) is 2. The molecule has 1 aromatic heterocycles. The molecule has 1 saturated heterocycles. The van der Waals surface area contributed by atoms with Crippen molar-refractivity contribution in [2.75, 3.05) is 6.61 Å². The number of benzene rings is 1. The molecule has 9 heteroatoms. The number of aromatic amines is 1. The van der Waals surface area contributed by atoms with E-state index >= 15 is 4.39 Å². The maximum absolute atomic E-state index is 15.4. The molecule has 1 aromatic carbocycles. The minimum Gasteiger partial charge on any atom is -0.349 e. The van der Waals surface area contributed by atoms with Crippen molar-refractivity contribution in [3.05, 3.63) is 81.1 Å². The molecule has 2 heterocycles. The lowest BCUT2D eigenvalue weighted by molar-refractivity contribution is -0.0580. The van der Waals surface area contributed by atoms with Gasteiger partial charge in [-0.1, -0.05) is 62.6 Å². The summed E-state index contributed by atoms with van der Waals surface area (Å²) < 4.78 is 28.8. The van der Waals surface area contributed by atoms with Crippen LogP contribution in [-0.4, -0.2) is 40.3 Å². The van der Waals surface area contributed by atoms with Crippen molar-refractivity contribution in [2.45, 2.75) is 70.7 Å². The molecule has 1 aliphatic rings. The molecule has 0 amide bonds. The summed E-state index contributed by atoms with van der Waals surface area (Å²) >= 11 is 0. The van der Waals surface area contributed by atoms with Crippen LogP contribution in [0.25, 0.3) is 0 Å². The predicted molar refractivity (Wildman–Crippen MR) is 141 cm³/mol. The molecule has 2 aromatic rings. The van der Waals surface area contributed by atoms with Crippen LogP contribution in [0.1, 0.15) is 52.3 Å². The molecule has 35 heavy (non-hydrogen) atoms. The Morgan fingerprint density at radius 1 is 1.31 bits per heavy atom. The third-order valence-electron chi connectivity index (χ3n) is 6.07. The average Bonchev–Trinajstić information content (AvgIpc) is 3.06. The largest absolute Gasteiger partial charge is 0.349 e. The fourth-order valence-electron chi connectivity index (χ4n) is 4.36. The van der Waals surface area contributed by atoms with Crippen LogP contribution in [0, 0.1) is 5.92 Å². The molecular weight excluding hydrogens is 468 g/mol. The van der Waals surface area contributed by atoms with E-state index < -0.39 is 36.5 Å². The van der Waals surface area contributed by atoms with E-state index in [2.05, 4.69) is 43.7 Å². The summed E-state index contributed by atoms with van der Waals surface area (Å²) in [5.74, 6) is 0.488. The van der Waals surface area contributed by atoms with Crippen LogP contribution in [0.2, 0.25) is 0 Å². The molecule has 3 rings (SSSR count). The van der Waals surface area contributed by atoms with Crippen LogP contribution in [-0.2, 0) is 15.4 Å². The van der Waals surface area contributed by atoms with Crippen molar-refractivity contribution in [2.24, 2.45) is 5.92 Å². The number of hydrogen-bond acceptors (Lipinski definition) is 5. The van der Waals surface area contributed by atoms with Crippen LogP contribution >= 0.6 is 7.26 Å². The first kappa shape index (κ1) is 27.3. The highest BCUT2D eigenvalue weighted by molar-refractivity contribution is 7.66. The van der Waals surface area contributed by atoms with Crippen molar-refractivity contribution in [3.8, 4) is 0 Å². The molecule has 5 atom stereocenters. The molecule has 0 saturated carbocycles.